The molecular formula is C43H81NO10. The Morgan fingerprint density at radius 2 is 1.11 bits per heavy atom. The van der Waals surface area contributed by atoms with Crippen LogP contribution in [0.1, 0.15) is 174 Å². The molecule has 8 N–H and O–H groups in total. The number of unbranched alkanes of at least 4 members (excludes halogenated alkanes) is 19. The van der Waals surface area contributed by atoms with Crippen LogP contribution in [0.2, 0.25) is 0 Å². The number of carbonyl (C=O) groups excluding carboxylic acids is 1. The van der Waals surface area contributed by atoms with E-state index in [0.29, 0.717) is 12.8 Å². The topological polar surface area (TPSA) is 189 Å². The number of ether oxygens (including phenoxy) is 2. The minimum absolute atomic E-state index is 0.247. The minimum atomic E-state index is -1.66. The molecule has 0 aromatic heterocycles. The molecule has 1 rings (SSSR count). The number of nitrogens with one attached hydrogen (secondary N) is 1. The Bertz CT molecular complexity index is 934. The van der Waals surface area contributed by atoms with Crippen molar-refractivity contribution in [2.75, 3.05) is 13.2 Å². The van der Waals surface area contributed by atoms with Gasteiger partial charge in [0.1, 0.15) is 36.6 Å². The fourth-order valence-electron chi connectivity index (χ4n) is 6.77. The van der Waals surface area contributed by atoms with Crippen molar-refractivity contribution in [2.45, 2.75) is 229 Å². The Labute approximate surface area is 327 Å². The van der Waals surface area contributed by atoms with Gasteiger partial charge in [0, 0.05) is 0 Å². The summed E-state index contributed by atoms with van der Waals surface area (Å²) in [4.78, 5) is 13.0. The molecule has 9 unspecified atom stereocenters. The lowest BCUT2D eigenvalue weighted by Gasteiger charge is -2.40. The Kier molecular flexibility index (Phi) is 31.6. The van der Waals surface area contributed by atoms with E-state index < -0.39 is 74.2 Å². The zero-order chi connectivity index (χ0) is 39.8. The fraction of sp³-hybridized carbons (Fsp3) is 0.884. The molecular weight excluding hydrogens is 690 g/mol. The number of hydrogen-bond acceptors (Lipinski definition) is 10. The zero-order valence-electron chi connectivity index (χ0n) is 34.0. The van der Waals surface area contributed by atoms with Gasteiger partial charge in [0.05, 0.1) is 25.4 Å². The van der Waals surface area contributed by atoms with Crippen molar-refractivity contribution in [3.05, 3.63) is 24.3 Å². The molecule has 0 spiro atoms. The number of carbonyl (C=O) groups is 1. The van der Waals surface area contributed by atoms with Crippen molar-refractivity contribution in [3.63, 3.8) is 0 Å². The van der Waals surface area contributed by atoms with Crippen LogP contribution < -0.4 is 5.32 Å². The Balaban J connectivity index is 2.39. The second-order valence-electron chi connectivity index (χ2n) is 15.4. The third-order valence-electron chi connectivity index (χ3n) is 10.5. The van der Waals surface area contributed by atoms with E-state index in [1.54, 1.807) is 0 Å². The number of amides is 1. The number of rotatable bonds is 35. The summed E-state index contributed by atoms with van der Waals surface area (Å²) < 4.78 is 11.0. The highest BCUT2D eigenvalue weighted by molar-refractivity contribution is 5.80. The van der Waals surface area contributed by atoms with Crippen molar-refractivity contribution in [1.82, 2.24) is 5.32 Å². The molecule has 1 aliphatic heterocycles. The van der Waals surface area contributed by atoms with E-state index in [9.17, 15) is 40.5 Å². The van der Waals surface area contributed by atoms with E-state index in [4.69, 9.17) is 9.47 Å². The lowest BCUT2D eigenvalue weighted by Crippen LogP contribution is -2.60. The fourth-order valence-corrected chi connectivity index (χ4v) is 6.77. The summed E-state index contributed by atoms with van der Waals surface area (Å²) in [5.74, 6) is -0.716. The van der Waals surface area contributed by atoms with Gasteiger partial charge in [-0.2, -0.15) is 0 Å². The van der Waals surface area contributed by atoms with Crippen LogP contribution in [0.15, 0.2) is 24.3 Å². The first-order valence-electron chi connectivity index (χ1n) is 21.7. The maximum atomic E-state index is 13.0. The van der Waals surface area contributed by atoms with Crippen molar-refractivity contribution < 1.29 is 50.0 Å². The van der Waals surface area contributed by atoms with Crippen molar-refractivity contribution in [1.29, 1.82) is 0 Å². The summed E-state index contributed by atoms with van der Waals surface area (Å²) in [7, 11) is 0. The van der Waals surface area contributed by atoms with Crippen LogP contribution in [0.25, 0.3) is 0 Å². The smallest absolute Gasteiger partial charge is 0.249 e. The molecule has 0 radical (unpaired) electrons. The van der Waals surface area contributed by atoms with E-state index in [0.717, 1.165) is 64.2 Å². The molecule has 1 saturated heterocycles. The van der Waals surface area contributed by atoms with Gasteiger partial charge in [-0.3, -0.25) is 4.79 Å². The van der Waals surface area contributed by atoms with E-state index in [1.807, 2.05) is 6.08 Å². The molecule has 54 heavy (non-hydrogen) atoms. The monoisotopic (exact) mass is 772 g/mol. The molecule has 0 aliphatic carbocycles. The molecule has 1 heterocycles. The summed E-state index contributed by atoms with van der Waals surface area (Å²) >= 11 is 0. The molecule has 1 amide bonds. The first-order chi connectivity index (χ1) is 26.2. The number of aliphatic hydroxyl groups excluding tert-OH is 7. The maximum absolute atomic E-state index is 13.0. The lowest BCUT2D eigenvalue weighted by atomic mass is 9.98. The van der Waals surface area contributed by atoms with E-state index in [-0.39, 0.29) is 12.8 Å². The van der Waals surface area contributed by atoms with Gasteiger partial charge in [-0.15, -0.1) is 0 Å². The van der Waals surface area contributed by atoms with Gasteiger partial charge in [0.15, 0.2) is 6.29 Å². The minimum Gasteiger partial charge on any atom is -0.394 e. The van der Waals surface area contributed by atoms with Gasteiger partial charge in [-0.25, -0.2) is 0 Å². The van der Waals surface area contributed by atoms with Crippen LogP contribution in [0.4, 0.5) is 0 Å². The zero-order valence-corrected chi connectivity index (χ0v) is 34.0. The molecule has 0 bridgehead atoms. The SMILES string of the molecule is CCCC/C=C/CCCC(O)C(O)C(COC1OC(CO)C(O)C(O)C1O)NC(=O)C(O)CCCCCCCC/C=C\CCCCCCCCCCCC. The Morgan fingerprint density at radius 1 is 0.630 bits per heavy atom. The summed E-state index contributed by atoms with van der Waals surface area (Å²) in [5.41, 5.74) is 0. The van der Waals surface area contributed by atoms with Crippen LogP contribution in [0, 0.1) is 0 Å². The molecule has 0 aromatic rings. The first kappa shape index (κ1) is 50.6. The Morgan fingerprint density at radius 3 is 1.65 bits per heavy atom. The lowest BCUT2D eigenvalue weighted by molar-refractivity contribution is -0.303. The largest absolute Gasteiger partial charge is 0.394 e. The van der Waals surface area contributed by atoms with Gasteiger partial charge in [-0.1, -0.05) is 141 Å². The van der Waals surface area contributed by atoms with Crippen LogP contribution in [0.3, 0.4) is 0 Å². The van der Waals surface area contributed by atoms with Gasteiger partial charge < -0.3 is 50.5 Å². The molecule has 11 heteroatoms. The summed E-state index contributed by atoms with van der Waals surface area (Å²) in [6.07, 6.45) is 24.2. The molecule has 0 aromatic carbocycles. The van der Waals surface area contributed by atoms with E-state index in [2.05, 4.69) is 37.4 Å². The third-order valence-corrected chi connectivity index (χ3v) is 10.5. The molecule has 0 saturated carbocycles. The van der Waals surface area contributed by atoms with Gasteiger partial charge in [0.25, 0.3) is 0 Å². The predicted molar refractivity (Wildman–Crippen MR) is 215 cm³/mol. The Hall–Kier alpha value is -1.41. The average molecular weight is 772 g/mol. The van der Waals surface area contributed by atoms with Gasteiger partial charge in [-0.05, 0) is 57.8 Å². The highest BCUT2D eigenvalue weighted by Crippen LogP contribution is 2.23. The molecule has 11 nitrogen and oxygen atoms in total. The average Bonchev–Trinajstić information content (AvgIpc) is 3.17. The molecule has 1 aliphatic rings. The van der Waals surface area contributed by atoms with Crippen molar-refractivity contribution in [2.24, 2.45) is 0 Å². The highest BCUT2D eigenvalue weighted by atomic mass is 16.7. The summed E-state index contributed by atoms with van der Waals surface area (Å²) in [6, 6.07) is -1.18. The normalized spacial score (nSPS) is 22.9. The third kappa shape index (κ3) is 23.6. The number of allylic oxidation sites excluding steroid dienone is 4. The van der Waals surface area contributed by atoms with E-state index in [1.165, 1.54) is 70.6 Å². The van der Waals surface area contributed by atoms with Crippen molar-refractivity contribution in [3.8, 4) is 0 Å². The van der Waals surface area contributed by atoms with Crippen LogP contribution in [-0.4, -0.2) is 110 Å². The second-order valence-corrected chi connectivity index (χ2v) is 15.4. The van der Waals surface area contributed by atoms with Crippen molar-refractivity contribution >= 4 is 5.91 Å². The molecule has 9 atom stereocenters. The quantitative estimate of drug-likeness (QED) is 0.0269. The molecule has 318 valence electrons. The predicted octanol–water partition coefficient (Wildman–Crippen LogP) is 6.28. The summed E-state index contributed by atoms with van der Waals surface area (Å²) in [5, 5.41) is 75.1. The first-order valence-corrected chi connectivity index (χ1v) is 21.7. The molecule has 1 fully saturated rings. The van der Waals surface area contributed by atoms with Gasteiger partial charge in [0.2, 0.25) is 5.91 Å². The van der Waals surface area contributed by atoms with Crippen LogP contribution in [0.5, 0.6) is 0 Å². The number of aliphatic hydroxyl groups is 7. The summed E-state index contributed by atoms with van der Waals surface area (Å²) in [6.45, 7) is 3.31. The van der Waals surface area contributed by atoms with E-state index >= 15 is 0 Å². The number of hydrogen-bond donors (Lipinski definition) is 8. The standard InChI is InChI=1S/C43H81NO10/c1-3-5-7-9-11-12-13-14-15-16-17-18-19-20-21-22-23-25-27-29-31-36(47)42(52)44-34(38(48)35(46)30-28-26-24-10-8-6-4-2)33-53-43-41(51)40(50)39(49)37(32-45)54-43/h10,18-19,24,34-41,43,45-51H,3-9,11-17,20-23,25-33H2,1-2H3,(H,44,52)/b19-18-,24-10+. The van der Waals surface area contributed by atoms with Crippen LogP contribution >= 0.6 is 0 Å². The highest BCUT2D eigenvalue weighted by Gasteiger charge is 2.44. The van der Waals surface area contributed by atoms with Gasteiger partial charge >= 0.3 is 0 Å². The second kappa shape index (κ2) is 33.7. The van der Waals surface area contributed by atoms with Crippen LogP contribution in [-0.2, 0) is 14.3 Å². The maximum Gasteiger partial charge on any atom is 0.249 e.